The molecule has 3 atom stereocenters. The number of nitrogens with two attached hydrogens (primary N) is 1. The highest BCUT2D eigenvalue weighted by Gasteiger charge is 2.23. The fraction of sp³-hybridized carbons (Fsp3) is 0.588. The molecule has 0 aromatic carbocycles. The number of nitrogen functional groups attached to an aromatic ring is 1. The third-order valence-electron chi connectivity index (χ3n) is 4.08. The van der Waals surface area contributed by atoms with E-state index in [-0.39, 0.29) is 31.0 Å². The lowest BCUT2D eigenvalue weighted by Crippen LogP contribution is -2.40. The molecule has 2 heterocycles. The molecule has 13 nitrogen and oxygen atoms in total. The Morgan fingerprint density at radius 2 is 1.97 bits per heavy atom. The molecule has 0 aliphatic carbocycles. The Hall–Kier alpha value is -2.60. The number of hydrogen-bond acceptors (Lipinski definition) is 11. The minimum Gasteiger partial charge on any atom is -0.468 e. The van der Waals surface area contributed by atoms with Crippen molar-refractivity contribution in [3.05, 3.63) is 16.7 Å². The molecule has 172 valence electrons. The van der Waals surface area contributed by atoms with Gasteiger partial charge in [-0.1, -0.05) is 0 Å². The van der Waals surface area contributed by atoms with E-state index in [1.165, 1.54) is 13.4 Å². The number of rotatable bonds is 12. The summed E-state index contributed by atoms with van der Waals surface area (Å²) in [5.41, 5.74) is 5.73. The van der Waals surface area contributed by atoms with Crippen LogP contribution in [0.1, 0.15) is 20.8 Å². The van der Waals surface area contributed by atoms with Gasteiger partial charge in [0.1, 0.15) is 12.1 Å². The quantitative estimate of drug-likeness (QED) is 0.187. The summed E-state index contributed by atoms with van der Waals surface area (Å²) in [6.45, 7) is 5.96. The average molecular weight is 457 g/mol. The van der Waals surface area contributed by atoms with Gasteiger partial charge in [-0.2, -0.15) is 4.98 Å². The van der Waals surface area contributed by atoms with E-state index in [2.05, 4.69) is 25.1 Å². The van der Waals surface area contributed by atoms with E-state index in [1.54, 1.807) is 25.3 Å². The van der Waals surface area contributed by atoms with Crippen LogP contribution in [-0.2, 0) is 30.3 Å². The number of carbonyl (C=O) groups excluding carboxylic acids is 2. The molecule has 2 aromatic rings. The largest absolute Gasteiger partial charge is 0.468 e. The number of hydrogen-bond donors (Lipinski definition) is 4. The van der Waals surface area contributed by atoms with Gasteiger partial charge in [0.25, 0.3) is 5.56 Å². The molecule has 0 spiro atoms. The third-order valence-corrected chi connectivity index (χ3v) is 5.92. The Kier molecular flexibility index (Phi) is 9.31. The van der Waals surface area contributed by atoms with Crippen molar-refractivity contribution >= 4 is 37.3 Å². The van der Waals surface area contributed by atoms with Crippen LogP contribution in [0.25, 0.3) is 11.2 Å². The second-order valence-corrected chi connectivity index (χ2v) is 8.13. The summed E-state index contributed by atoms with van der Waals surface area (Å²) >= 11 is 0. The van der Waals surface area contributed by atoms with Crippen LogP contribution in [0.2, 0.25) is 0 Å². The van der Waals surface area contributed by atoms with Gasteiger partial charge in [0.2, 0.25) is 5.95 Å². The van der Waals surface area contributed by atoms with Gasteiger partial charge in [-0.05, 0) is 20.8 Å². The summed E-state index contributed by atoms with van der Waals surface area (Å²) in [5.74, 6) is -0.833. The smallest absolute Gasteiger partial charge is 0.323 e. The molecule has 0 saturated carbocycles. The monoisotopic (exact) mass is 457 g/mol. The van der Waals surface area contributed by atoms with Gasteiger partial charge in [0.05, 0.1) is 41.2 Å². The summed E-state index contributed by atoms with van der Waals surface area (Å²) in [5, 5.41) is 6.19. The number of nitrogens with one attached hydrogen (secondary N) is 3. The van der Waals surface area contributed by atoms with Gasteiger partial charge in [-0.15, -0.1) is 0 Å². The highest BCUT2D eigenvalue weighted by Crippen LogP contribution is 2.27. The van der Waals surface area contributed by atoms with Crippen LogP contribution in [0, 0.1) is 0 Å². The summed E-state index contributed by atoms with van der Waals surface area (Å²) in [6.07, 6.45) is 1.68. The Morgan fingerprint density at radius 3 is 2.61 bits per heavy atom. The number of carbonyl (C=O) groups is 2. The number of aromatic amines is 1. The molecular weight excluding hydrogens is 429 g/mol. The molecule has 31 heavy (non-hydrogen) atoms. The number of aromatic nitrogens is 4. The zero-order valence-electron chi connectivity index (χ0n) is 17.9. The highest BCUT2D eigenvalue weighted by molar-refractivity contribution is 7.53. The molecule has 0 aliphatic heterocycles. The van der Waals surface area contributed by atoms with Crippen LogP contribution in [-0.4, -0.2) is 70.2 Å². The average Bonchev–Trinajstić information content (AvgIpc) is 3.13. The van der Waals surface area contributed by atoms with Crippen molar-refractivity contribution in [2.24, 2.45) is 0 Å². The normalized spacial score (nSPS) is 14.2. The van der Waals surface area contributed by atoms with E-state index in [0.29, 0.717) is 12.2 Å². The molecule has 0 fully saturated rings. The molecule has 2 aromatic heterocycles. The zero-order valence-corrected chi connectivity index (χ0v) is 18.8. The van der Waals surface area contributed by atoms with Crippen molar-refractivity contribution in [2.75, 3.05) is 32.4 Å². The first kappa shape index (κ1) is 24.7. The van der Waals surface area contributed by atoms with Crippen LogP contribution < -0.4 is 21.5 Å². The minimum absolute atomic E-state index is 0.00170. The molecule has 0 aliphatic rings. The molecule has 2 rings (SSSR count). The van der Waals surface area contributed by atoms with E-state index in [9.17, 15) is 14.4 Å². The van der Waals surface area contributed by atoms with Gasteiger partial charge >= 0.3 is 11.9 Å². The van der Waals surface area contributed by atoms with Crippen LogP contribution in [0.15, 0.2) is 11.1 Å². The summed E-state index contributed by atoms with van der Waals surface area (Å²) in [4.78, 5) is 46.0. The number of methoxy groups -OCH3 is 1. The highest BCUT2D eigenvalue weighted by atomic mass is 31.1. The Balaban J connectivity index is 1.96. The van der Waals surface area contributed by atoms with Crippen molar-refractivity contribution in [3.63, 3.8) is 0 Å². The lowest BCUT2D eigenvalue weighted by atomic mass is 10.4. The summed E-state index contributed by atoms with van der Waals surface area (Å²) < 4.78 is 17.1. The number of ether oxygens (including phenoxy) is 3. The second-order valence-electron chi connectivity index (χ2n) is 6.50. The van der Waals surface area contributed by atoms with Crippen LogP contribution >= 0.6 is 8.22 Å². The topological polar surface area (TPSA) is 175 Å². The molecule has 0 radical (unpaired) electrons. The predicted octanol–water partition coefficient (Wildman–Crippen LogP) is -0.320. The standard InChI is InChI=1S/C17H28N7O6P/c1-5-30-16(27)11(3)23-31(22-10(2)15(26)28-4)9-29-7-6-24-8-19-12-13(24)20-17(18)21-14(12)25/h8,10-11,22-23H,5-7,9H2,1-4H3,(H3,18,20,21,25)/t10-,11-,31?/m0/s1. The molecule has 14 heteroatoms. The molecule has 1 unspecified atom stereocenters. The SMILES string of the molecule is CCOC(=O)[C@H](C)NP(COCCn1cnc2c(=O)[nH]c(N)nc21)N[C@@H](C)C(=O)OC. The number of esters is 2. The maximum absolute atomic E-state index is 11.9. The first-order chi connectivity index (χ1) is 14.8. The maximum atomic E-state index is 11.9. The minimum atomic E-state index is -1.27. The first-order valence-electron chi connectivity index (χ1n) is 9.59. The summed E-state index contributed by atoms with van der Waals surface area (Å²) in [6, 6.07) is -1.19. The van der Waals surface area contributed by atoms with E-state index in [4.69, 9.17) is 19.9 Å². The number of fused-ring (bicyclic) bond motifs is 1. The van der Waals surface area contributed by atoms with E-state index >= 15 is 0 Å². The van der Waals surface area contributed by atoms with Crippen molar-refractivity contribution < 1.29 is 23.8 Å². The third kappa shape index (κ3) is 6.96. The van der Waals surface area contributed by atoms with Crippen molar-refractivity contribution in [1.82, 2.24) is 29.7 Å². The van der Waals surface area contributed by atoms with E-state index in [1.807, 2.05) is 0 Å². The Morgan fingerprint density at radius 1 is 1.29 bits per heavy atom. The number of imidazole rings is 1. The van der Waals surface area contributed by atoms with Crippen LogP contribution in [0.5, 0.6) is 0 Å². The molecular formula is C17H28N7O6P. The van der Waals surface area contributed by atoms with Gasteiger partial charge < -0.3 is 24.5 Å². The fourth-order valence-electron chi connectivity index (χ4n) is 2.58. The number of H-pyrrole nitrogens is 1. The lowest BCUT2D eigenvalue weighted by Gasteiger charge is -2.25. The summed E-state index contributed by atoms with van der Waals surface area (Å²) in [7, 11) is 0.0267. The Bertz CT molecular complexity index is 949. The van der Waals surface area contributed by atoms with Gasteiger partial charge in [-0.25, -0.2) is 4.98 Å². The van der Waals surface area contributed by atoms with Gasteiger partial charge in [0, 0.05) is 6.54 Å². The van der Waals surface area contributed by atoms with Gasteiger partial charge in [-0.3, -0.25) is 29.5 Å². The van der Waals surface area contributed by atoms with Crippen LogP contribution in [0.3, 0.4) is 0 Å². The van der Waals surface area contributed by atoms with Gasteiger partial charge in [0.15, 0.2) is 11.2 Å². The van der Waals surface area contributed by atoms with Crippen molar-refractivity contribution in [1.29, 1.82) is 0 Å². The molecule has 0 amide bonds. The molecule has 0 saturated heterocycles. The lowest BCUT2D eigenvalue weighted by molar-refractivity contribution is -0.144. The van der Waals surface area contributed by atoms with Crippen molar-refractivity contribution in [2.45, 2.75) is 39.4 Å². The molecule has 5 N–H and O–H groups in total. The zero-order chi connectivity index (χ0) is 23.0. The predicted molar refractivity (Wildman–Crippen MR) is 114 cm³/mol. The number of nitrogens with zero attached hydrogens (tertiary/aromatic N) is 3. The first-order valence-corrected chi connectivity index (χ1v) is 11.1. The Labute approximate surface area is 179 Å². The second kappa shape index (κ2) is 11.7. The maximum Gasteiger partial charge on any atom is 0.323 e. The fourth-order valence-corrected chi connectivity index (χ4v) is 4.26. The van der Waals surface area contributed by atoms with E-state index < -0.39 is 37.8 Å². The van der Waals surface area contributed by atoms with E-state index in [0.717, 1.165) is 0 Å². The number of anilines is 1. The van der Waals surface area contributed by atoms with Crippen molar-refractivity contribution in [3.8, 4) is 0 Å². The molecule has 0 bridgehead atoms. The van der Waals surface area contributed by atoms with Crippen LogP contribution in [0.4, 0.5) is 5.95 Å².